The Morgan fingerprint density at radius 3 is 1.30 bits per heavy atom. The molecule has 0 fully saturated rings. The van der Waals surface area contributed by atoms with Crippen molar-refractivity contribution < 1.29 is 69.0 Å². The molecule has 1 aromatic carbocycles. The Morgan fingerprint density at radius 2 is 1.04 bits per heavy atom. The molecule has 0 radical (unpaired) electrons. The molecule has 1 aromatic rings. The van der Waals surface area contributed by atoms with Crippen molar-refractivity contribution in [3.05, 3.63) is 12.1 Å². The Balaban J connectivity index is 0.00000484. The van der Waals surface area contributed by atoms with E-state index in [1.54, 1.807) is 0 Å². The molecule has 0 bridgehead atoms. The smallest absolute Gasteiger partial charge is 0.274 e. The monoisotopic (exact) mass is 453 g/mol. The van der Waals surface area contributed by atoms with Crippen LogP contribution in [0.1, 0.15) is 0 Å². The predicted octanol–water partition coefficient (Wildman–Crippen LogP) is -1.53. The minimum Gasteiger partial charge on any atom is -0.291 e. The van der Waals surface area contributed by atoms with Gasteiger partial charge in [0, 0.05) is 36.7 Å². The molecule has 0 aliphatic carbocycles. The normalized spacial score (nSPS) is 13.4. The summed E-state index contributed by atoms with van der Waals surface area (Å²) in [6, 6.07) is 1.35. The number of hydrogen-bond acceptors (Lipinski definition) is 8. The zero-order valence-corrected chi connectivity index (χ0v) is 14.5. The van der Waals surface area contributed by atoms with Gasteiger partial charge >= 0.3 is 0 Å². The first-order valence-electron chi connectivity index (χ1n) is 4.46. The second-order valence-corrected chi connectivity index (χ2v) is 9.01. The molecule has 0 amide bonds. The van der Waals surface area contributed by atoms with Gasteiger partial charge in [0.2, 0.25) is 20.2 Å². The van der Waals surface area contributed by atoms with Crippen LogP contribution in [0.5, 0.6) is 0 Å². The van der Waals surface area contributed by atoms with E-state index in [0.717, 1.165) is 0 Å². The van der Waals surface area contributed by atoms with E-state index >= 15 is 0 Å². The Hall–Kier alpha value is -0.621. The van der Waals surface area contributed by atoms with E-state index in [4.69, 9.17) is 18.2 Å². The van der Waals surface area contributed by atoms with Crippen molar-refractivity contribution in [2.75, 3.05) is 0 Å². The van der Waals surface area contributed by atoms with Crippen LogP contribution in [0.3, 0.4) is 0 Å². The van der Waals surface area contributed by atoms with E-state index in [-0.39, 0.29) is 23.1 Å². The number of benzene rings is 1. The molecule has 0 aliphatic rings. The minimum absolute atomic E-state index is 0. The van der Waals surface area contributed by atoms with Gasteiger partial charge in [0.25, 0.3) is 20.2 Å². The summed E-state index contributed by atoms with van der Waals surface area (Å²) >= 11 is 0. The zero-order chi connectivity index (χ0) is 17.7. The van der Waals surface area contributed by atoms with Gasteiger partial charge in [-0.05, 0) is 0 Å². The van der Waals surface area contributed by atoms with Crippen molar-refractivity contribution in [1.82, 2.24) is 0 Å². The molecule has 17 heteroatoms. The van der Waals surface area contributed by atoms with Crippen LogP contribution in [0.25, 0.3) is 0 Å². The third-order valence-electron chi connectivity index (χ3n) is 2.02. The van der Waals surface area contributed by atoms with E-state index < -0.39 is 60.1 Å². The third kappa shape index (κ3) is 4.92. The van der Waals surface area contributed by atoms with Crippen molar-refractivity contribution in [1.29, 1.82) is 0 Å². The predicted molar refractivity (Wildman–Crippen MR) is 64.5 cm³/mol. The molecular formula is C6H5FeO12S4-. The molecule has 0 unspecified atom stereocenters. The molecule has 1 rings (SSSR count). The van der Waals surface area contributed by atoms with Crippen molar-refractivity contribution in [3.8, 4) is 0 Å². The number of hydrogen-bond donors (Lipinski definition) is 4. The van der Waals surface area contributed by atoms with Gasteiger partial charge in [-0.1, -0.05) is 0 Å². The minimum atomic E-state index is -5.80. The second kappa shape index (κ2) is 6.36. The van der Waals surface area contributed by atoms with Crippen LogP contribution >= 0.6 is 0 Å². The van der Waals surface area contributed by atoms with Gasteiger partial charge in [0.15, 0.2) is 0 Å². The summed E-state index contributed by atoms with van der Waals surface area (Å²) in [5.41, 5.74) is 0. The summed E-state index contributed by atoms with van der Waals surface area (Å²) in [7, 11) is -22.6. The zero-order valence-electron chi connectivity index (χ0n) is 10.1. The quantitative estimate of drug-likeness (QED) is 0.232. The van der Waals surface area contributed by atoms with Gasteiger partial charge in [0.05, 0.1) is 0 Å². The molecule has 0 aromatic heterocycles. The first kappa shape index (κ1) is 22.4. The molecule has 4 N–H and O–H groups in total. The maximum Gasteiger partial charge on any atom is 0.274 e. The average molecular weight is 453 g/mol. The molecule has 12 nitrogen and oxygen atoms in total. The van der Waals surface area contributed by atoms with Gasteiger partial charge in [-0.2, -0.15) is 29.0 Å². The Bertz CT molecular complexity index is 960. The second-order valence-electron chi connectivity index (χ2n) is 3.54. The molecule has 0 aliphatic heterocycles. The molecule has 0 saturated heterocycles. The molecule has 23 heavy (non-hydrogen) atoms. The van der Waals surface area contributed by atoms with Crippen LogP contribution in [-0.4, -0.2) is 51.9 Å². The van der Waals surface area contributed by atoms with Crippen molar-refractivity contribution in [2.24, 2.45) is 0 Å². The largest absolute Gasteiger partial charge is 0.291 e. The Labute approximate surface area is 141 Å². The number of rotatable bonds is 4. The van der Waals surface area contributed by atoms with E-state index in [1.807, 2.05) is 0 Å². The van der Waals surface area contributed by atoms with Crippen LogP contribution in [0.4, 0.5) is 0 Å². The van der Waals surface area contributed by atoms with Crippen molar-refractivity contribution in [2.45, 2.75) is 19.6 Å². The first-order chi connectivity index (χ1) is 9.47. The van der Waals surface area contributed by atoms with Gasteiger partial charge in [-0.3, -0.25) is 18.2 Å². The fourth-order valence-electron chi connectivity index (χ4n) is 1.34. The molecule has 0 spiro atoms. The third-order valence-corrected chi connectivity index (χ3v) is 5.99. The summed E-state index contributed by atoms with van der Waals surface area (Å²) in [4.78, 5) is -7.98. The first-order valence-corrected chi connectivity index (χ1v) is 10.2. The van der Waals surface area contributed by atoms with Crippen LogP contribution in [0.2, 0.25) is 0 Å². The maximum atomic E-state index is 11.2. The average Bonchev–Trinajstić information content (AvgIpc) is 2.22. The van der Waals surface area contributed by atoms with Crippen LogP contribution in [0, 0.1) is 6.07 Å². The summed E-state index contributed by atoms with van der Waals surface area (Å²) in [6.45, 7) is 0. The topological polar surface area (TPSA) is 217 Å². The summed E-state index contributed by atoms with van der Waals surface area (Å²) < 4.78 is 124. The van der Waals surface area contributed by atoms with Gasteiger partial charge < -0.3 is 0 Å². The van der Waals surface area contributed by atoms with E-state index in [1.165, 1.54) is 6.07 Å². The van der Waals surface area contributed by atoms with Gasteiger partial charge in [0.1, 0.15) is 0 Å². The van der Waals surface area contributed by atoms with Crippen molar-refractivity contribution in [3.63, 3.8) is 0 Å². The SMILES string of the molecule is O=S(=O)(O)c1[c-]cc(S(=O)(=O)O)c(S(=O)(=O)O)c1S(=O)(=O)O.[Fe]. The molecule has 0 saturated carbocycles. The van der Waals surface area contributed by atoms with Crippen LogP contribution in [-0.2, 0) is 57.5 Å². The maximum absolute atomic E-state index is 11.2. The fraction of sp³-hybridized carbons (Fsp3) is 0. The molecular weight excluding hydrogens is 448 g/mol. The van der Waals surface area contributed by atoms with Crippen molar-refractivity contribution >= 4 is 40.5 Å². The molecule has 134 valence electrons. The molecule has 0 atom stereocenters. The Morgan fingerprint density at radius 1 is 0.652 bits per heavy atom. The van der Waals surface area contributed by atoms with E-state index in [9.17, 15) is 33.7 Å². The summed E-state index contributed by atoms with van der Waals surface area (Å²) in [5, 5.41) is 0. The van der Waals surface area contributed by atoms with Crippen LogP contribution in [0.15, 0.2) is 25.6 Å². The van der Waals surface area contributed by atoms with E-state index in [0.29, 0.717) is 0 Å². The fourth-order valence-corrected chi connectivity index (χ4v) is 5.74. The summed E-state index contributed by atoms with van der Waals surface area (Å²) in [6.07, 6.45) is 0. The van der Waals surface area contributed by atoms with Gasteiger partial charge in [-0.15, -0.1) is 0 Å². The van der Waals surface area contributed by atoms with E-state index in [2.05, 4.69) is 0 Å². The summed E-state index contributed by atoms with van der Waals surface area (Å²) in [5.74, 6) is 0. The Kier molecular flexibility index (Phi) is 6.18. The standard InChI is InChI=1S/C6H5O12S4.Fe/c7-19(8,9)3-1-2-4(20(10,11)12)6(22(16,17)18)5(3)21(13,14)15;/h1H,(H,7,8,9)(H,10,11,12)(H,13,14,15)(H,16,17,18);/q-1;. The van der Waals surface area contributed by atoms with Crippen LogP contribution < -0.4 is 0 Å². The molecule has 0 heterocycles. The van der Waals surface area contributed by atoms with Gasteiger partial charge in [-0.25, -0.2) is 16.8 Å².